The maximum Gasteiger partial charge on any atom is 0.514 e. The lowest BCUT2D eigenvalue weighted by atomic mass is 10.5. The number of carboxylic acid groups (broad SMARTS) is 1. The van der Waals surface area contributed by atoms with Crippen molar-refractivity contribution >= 4 is 19.8 Å². The number of carboxylic acids is 1. The summed E-state index contributed by atoms with van der Waals surface area (Å²) in [5, 5.41) is 7.84. The zero-order valence-electron chi connectivity index (χ0n) is 4.27. The van der Waals surface area contributed by atoms with Gasteiger partial charge in [0, 0.05) is 0 Å². The Labute approximate surface area is 51.2 Å². The second-order valence-corrected chi connectivity index (χ2v) is 2.26. The summed E-state index contributed by atoms with van der Waals surface area (Å²) < 4.78 is 9.78. The first-order valence-electron chi connectivity index (χ1n) is 1.93. The lowest BCUT2D eigenvalue weighted by Gasteiger charge is -1.77. The Bertz CT molecular complexity index is 162. The molecule has 5 nitrogen and oxygen atoms in total. The molecule has 0 saturated heterocycles. The molecule has 9 heavy (non-hydrogen) atoms. The molecule has 50 valence electrons. The summed E-state index contributed by atoms with van der Waals surface area (Å²) in [5.74, 6) is -2.91. The fourth-order valence-corrected chi connectivity index (χ4v) is 0.571. The highest BCUT2D eigenvalue weighted by molar-refractivity contribution is 7.39. The van der Waals surface area contributed by atoms with E-state index in [0.29, 0.717) is 0 Å². The van der Waals surface area contributed by atoms with Gasteiger partial charge < -0.3 is 5.11 Å². The molecule has 0 rings (SSSR count). The number of carbonyl (C=O) groups excluding carboxylic acids is 1. The summed E-state index contributed by atoms with van der Waals surface area (Å²) in [6.07, 6.45) is -0.801. The average Bonchev–Trinajstić information content (AvgIpc) is 1.63. The van der Waals surface area contributed by atoms with Crippen LogP contribution < -0.4 is 0 Å². The van der Waals surface area contributed by atoms with E-state index in [1.54, 1.807) is 0 Å². The predicted octanol–water partition coefficient (Wildman–Crippen LogP) is -0.625. The van der Waals surface area contributed by atoms with Crippen LogP contribution in [0.4, 0.5) is 0 Å². The summed E-state index contributed by atoms with van der Waals surface area (Å²) in [4.78, 5) is 27.7. The minimum absolute atomic E-state index is 0.801. The van der Waals surface area contributed by atoms with Crippen LogP contribution in [-0.4, -0.2) is 27.9 Å². The fourth-order valence-electron chi connectivity index (χ4n) is 0.190. The van der Waals surface area contributed by atoms with Gasteiger partial charge in [0.15, 0.2) is 0 Å². The molecule has 0 aromatic carbocycles. The monoisotopic (exact) mass is 151 g/mol. The molecule has 0 amide bonds. The lowest BCUT2D eigenvalue weighted by molar-refractivity contribution is -0.147. The van der Waals surface area contributed by atoms with E-state index in [9.17, 15) is 14.2 Å². The Morgan fingerprint density at radius 1 is 1.44 bits per heavy atom. The van der Waals surface area contributed by atoms with Gasteiger partial charge in [-0.3, -0.25) is 4.79 Å². The molecular weight excluding hydrogens is 147 g/mol. The van der Waals surface area contributed by atoms with Crippen LogP contribution in [0.3, 0.4) is 0 Å². The van der Waals surface area contributed by atoms with Gasteiger partial charge in [-0.2, -0.15) is 4.89 Å². The largest absolute Gasteiger partial charge is 0.514 e. The van der Waals surface area contributed by atoms with Crippen LogP contribution in [0.1, 0.15) is 0 Å². The maximum atomic E-state index is 10.0. The first-order chi connectivity index (χ1) is 4.04. The van der Waals surface area contributed by atoms with Crippen molar-refractivity contribution in [2.75, 3.05) is 6.16 Å². The summed E-state index contributed by atoms with van der Waals surface area (Å²) >= 11 is 0. The van der Waals surface area contributed by atoms with Crippen molar-refractivity contribution in [3.63, 3.8) is 0 Å². The van der Waals surface area contributed by atoms with Crippen molar-refractivity contribution in [1.29, 1.82) is 0 Å². The van der Waals surface area contributed by atoms with Crippen molar-refractivity contribution in [1.82, 2.24) is 0 Å². The third-order valence-electron chi connectivity index (χ3n) is 0.517. The Kier molecular flexibility index (Phi) is 2.98. The highest BCUT2D eigenvalue weighted by Gasteiger charge is 2.23. The molecule has 0 fully saturated rings. The van der Waals surface area contributed by atoms with Crippen molar-refractivity contribution in [3.8, 4) is 0 Å². The molecule has 1 atom stereocenters. The van der Waals surface area contributed by atoms with Gasteiger partial charge in [0.2, 0.25) is 6.16 Å². The van der Waals surface area contributed by atoms with E-state index < -0.39 is 25.9 Å². The van der Waals surface area contributed by atoms with Gasteiger partial charge in [-0.25, -0.2) is 4.79 Å². The van der Waals surface area contributed by atoms with E-state index in [2.05, 4.69) is 0 Å². The van der Waals surface area contributed by atoms with Crippen molar-refractivity contribution < 1.29 is 24.2 Å². The third-order valence-corrected chi connectivity index (χ3v) is 1.08. The van der Waals surface area contributed by atoms with Crippen LogP contribution in [0.15, 0.2) is 0 Å². The zero-order valence-corrected chi connectivity index (χ0v) is 5.17. The molecule has 0 aromatic heterocycles. The average molecular weight is 151 g/mol. The van der Waals surface area contributed by atoms with Gasteiger partial charge in [-0.05, 0) is 4.57 Å². The van der Waals surface area contributed by atoms with Crippen molar-refractivity contribution in [3.05, 3.63) is 0 Å². The van der Waals surface area contributed by atoms with Crippen LogP contribution in [0.5, 0.6) is 0 Å². The van der Waals surface area contributed by atoms with Gasteiger partial charge in [0.1, 0.15) is 0 Å². The van der Waals surface area contributed by atoms with E-state index in [1.807, 2.05) is 0 Å². The molecular formula is C3H4O5P+. The quantitative estimate of drug-likeness (QED) is 0.414. The molecule has 0 aliphatic carbocycles. The minimum Gasteiger partial charge on any atom is -0.475 e. The summed E-state index contributed by atoms with van der Waals surface area (Å²) in [6, 6.07) is 0. The van der Waals surface area contributed by atoms with E-state index in [4.69, 9.17) is 10.00 Å². The summed E-state index contributed by atoms with van der Waals surface area (Å²) in [5.41, 5.74) is 0. The molecule has 1 unspecified atom stereocenters. The van der Waals surface area contributed by atoms with Gasteiger partial charge in [-0.1, -0.05) is 0 Å². The Hall–Kier alpha value is -0.800. The molecule has 0 heterocycles. The fraction of sp³-hybridized carbons (Fsp3) is 0.333. The topological polar surface area (TPSA) is 91.7 Å². The number of hydrogen-bond acceptors (Lipinski definition) is 3. The Morgan fingerprint density at radius 2 is 1.89 bits per heavy atom. The SMILES string of the molecule is O=C(O)C(=O)C[P+](=O)O. The number of aliphatic carboxylic acids is 1. The van der Waals surface area contributed by atoms with Crippen LogP contribution in [-0.2, 0) is 14.2 Å². The molecule has 6 heteroatoms. The van der Waals surface area contributed by atoms with E-state index in [0.717, 1.165) is 0 Å². The molecule has 0 aromatic rings. The second kappa shape index (κ2) is 3.27. The van der Waals surface area contributed by atoms with Crippen LogP contribution in [0.2, 0.25) is 0 Å². The lowest BCUT2D eigenvalue weighted by Crippen LogP contribution is -2.14. The second-order valence-electron chi connectivity index (χ2n) is 1.24. The van der Waals surface area contributed by atoms with Gasteiger partial charge in [0.25, 0.3) is 5.78 Å². The van der Waals surface area contributed by atoms with E-state index in [-0.39, 0.29) is 0 Å². The zero-order chi connectivity index (χ0) is 7.44. The maximum absolute atomic E-state index is 10.0. The Morgan fingerprint density at radius 3 is 2.00 bits per heavy atom. The third kappa shape index (κ3) is 3.76. The van der Waals surface area contributed by atoms with Crippen molar-refractivity contribution in [2.24, 2.45) is 0 Å². The number of ketones is 1. The summed E-state index contributed by atoms with van der Waals surface area (Å²) in [6.45, 7) is 0. The predicted molar refractivity (Wildman–Crippen MR) is 27.3 cm³/mol. The van der Waals surface area contributed by atoms with Crippen LogP contribution >= 0.6 is 8.03 Å². The van der Waals surface area contributed by atoms with Crippen molar-refractivity contribution in [2.45, 2.75) is 0 Å². The standard InChI is InChI=1S/C3H3O5P/c4-2(3(5)6)1-9(7)8/h1H2,(H-,5,6,7,8)/p+1. The number of rotatable bonds is 3. The van der Waals surface area contributed by atoms with Crippen LogP contribution in [0.25, 0.3) is 0 Å². The number of hydrogen-bond donors (Lipinski definition) is 2. The highest BCUT2D eigenvalue weighted by Crippen LogP contribution is 2.10. The molecule has 0 aliphatic heterocycles. The van der Waals surface area contributed by atoms with Crippen LogP contribution in [0, 0.1) is 0 Å². The normalized spacial score (nSPS) is 10.6. The van der Waals surface area contributed by atoms with E-state index in [1.165, 1.54) is 0 Å². The number of carbonyl (C=O) groups is 2. The molecule has 2 N–H and O–H groups in total. The van der Waals surface area contributed by atoms with Gasteiger partial charge in [0.05, 0.1) is 0 Å². The first-order valence-corrected chi connectivity index (χ1v) is 3.33. The molecule has 0 saturated carbocycles. The molecule has 0 bridgehead atoms. The number of Topliss-reactive ketones (excluding diaryl/α,β-unsaturated/α-hetero) is 1. The molecule has 0 spiro atoms. The highest BCUT2D eigenvalue weighted by atomic mass is 31.1. The minimum atomic E-state index is -2.65. The molecule has 0 aliphatic rings. The molecule has 0 radical (unpaired) electrons. The Balaban J connectivity index is 3.79. The first kappa shape index (κ1) is 8.20. The smallest absolute Gasteiger partial charge is 0.475 e. The summed E-state index contributed by atoms with van der Waals surface area (Å²) in [7, 11) is -2.65. The van der Waals surface area contributed by atoms with Gasteiger partial charge >= 0.3 is 14.0 Å². The van der Waals surface area contributed by atoms with E-state index >= 15 is 0 Å². The van der Waals surface area contributed by atoms with Gasteiger partial charge in [-0.15, -0.1) is 0 Å².